The smallest absolute Gasteiger partial charge is 0.404 e. The van der Waals surface area contributed by atoms with Crippen LogP contribution in [-0.2, 0) is 4.79 Å². The fourth-order valence-corrected chi connectivity index (χ4v) is 1.51. The number of carbonyl (C=O) groups is 1. The molecular formula is C11H12BrF3N2O2. The molecule has 1 aromatic rings. The van der Waals surface area contributed by atoms with Gasteiger partial charge in [-0.05, 0) is 18.2 Å². The Morgan fingerprint density at radius 3 is 2.68 bits per heavy atom. The van der Waals surface area contributed by atoms with Crippen LogP contribution in [0, 0.1) is 5.92 Å². The average Bonchev–Trinajstić information content (AvgIpc) is 2.29. The second kappa shape index (κ2) is 6.25. The molecule has 3 N–H and O–H groups in total. The highest BCUT2D eigenvalue weighted by molar-refractivity contribution is 9.10. The van der Waals surface area contributed by atoms with Crippen LogP contribution in [0.25, 0.3) is 0 Å². The molecule has 0 aromatic heterocycles. The summed E-state index contributed by atoms with van der Waals surface area (Å²) in [5, 5.41) is 2.35. The first-order valence-corrected chi connectivity index (χ1v) is 6.08. The Morgan fingerprint density at radius 1 is 1.53 bits per heavy atom. The van der Waals surface area contributed by atoms with E-state index in [9.17, 15) is 18.0 Å². The summed E-state index contributed by atoms with van der Waals surface area (Å²) in [5.74, 6) is -1.47. The predicted molar refractivity (Wildman–Crippen MR) is 67.7 cm³/mol. The molecule has 19 heavy (non-hydrogen) atoms. The molecule has 0 radical (unpaired) electrons. The van der Waals surface area contributed by atoms with E-state index in [0.29, 0.717) is 4.47 Å². The van der Waals surface area contributed by atoms with Crippen molar-refractivity contribution >= 4 is 27.5 Å². The van der Waals surface area contributed by atoms with Crippen molar-refractivity contribution in [1.82, 2.24) is 0 Å². The maximum absolute atomic E-state index is 12.2. The van der Waals surface area contributed by atoms with Gasteiger partial charge in [0.1, 0.15) is 0 Å². The summed E-state index contributed by atoms with van der Waals surface area (Å²) >= 11 is 3.03. The van der Waals surface area contributed by atoms with Crippen LogP contribution < -0.4 is 15.8 Å². The van der Waals surface area contributed by atoms with Crippen LogP contribution in [0.15, 0.2) is 22.7 Å². The molecule has 0 aliphatic rings. The Labute approximate surface area is 116 Å². The summed E-state index contributed by atoms with van der Waals surface area (Å²) < 4.78 is 41.0. The number of benzene rings is 1. The molecule has 106 valence electrons. The highest BCUT2D eigenvalue weighted by Crippen LogP contribution is 2.33. The molecule has 8 heteroatoms. The lowest BCUT2D eigenvalue weighted by molar-refractivity contribution is -0.274. The lowest BCUT2D eigenvalue weighted by atomic mass is 10.1. The number of ether oxygens (including phenoxy) is 1. The van der Waals surface area contributed by atoms with Crippen molar-refractivity contribution in [1.29, 1.82) is 0 Å². The van der Waals surface area contributed by atoms with Crippen LogP contribution in [0.1, 0.15) is 6.92 Å². The van der Waals surface area contributed by atoms with E-state index in [2.05, 4.69) is 26.0 Å². The summed E-state index contributed by atoms with van der Waals surface area (Å²) in [6.45, 7) is 1.66. The van der Waals surface area contributed by atoms with E-state index in [0.717, 1.165) is 6.07 Å². The molecule has 0 saturated heterocycles. The SMILES string of the molecule is CC(CN)C(=O)Nc1ccc(Br)cc1OC(F)(F)F. The summed E-state index contributed by atoms with van der Waals surface area (Å²) in [6.07, 6.45) is -4.83. The normalized spacial score (nSPS) is 12.9. The maximum atomic E-state index is 12.2. The van der Waals surface area contributed by atoms with E-state index in [4.69, 9.17) is 5.73 Å². The Kier molecular flexibility index (Phi) is 5.19. The van der Waals surface area contributed by atoms with Gasteiger partial charge < -0.3 is 15.8 Å². The Bertz CT molecular complexity index is 466. The third-order valence-electron chi connectivity index (χ3n) is 2.23. The van der Waals surface area contributed by atoms with E-state index in [1.807, 2.05) is 0 Å². The highest BCUT2D eigenvalue weighted by atomic mass is 79.9. The lowest BCUT2D eigenvalue weighted by Gasteiger charge is -2.16. The first-order valence-electron chi connectivity index (χ1n) is 5.29. The van der Waals surface area contributed by atoms with E-state index < -0.39 is 23.9 Å². The van der Waals surface area contributed by atoms with E-state index >= 15 is 0 Å². The van der Waals surface area contributed by atoms with Crippen LogP contribution in [0.4, 0.5) is 18.9 Å². The van der Waals surface area contributed by atoms with E-state index in [1.165, 1.54) is 12.1 Å². The molecule has 1 atom stereocenters. The fraction of sp³-hybridized carbons (Fsp3) is 0.364. The van der Waals surface area contributed by atoms with Gasteiger partial charge in [-0.15, -0.1) is 13.2 Å². The molecule has 0 spiro atoms. The van der Waals surface area contributed by atoms with Gasteiger partial charge in [-0.3, -0.25) is 4.79 Å². The molecule has 0 bridgehead atoms. The molecule has 1 rings (SSSR count). The summed E-state index contributed by atoms with van der Waals surface area (Å²) in [5.41, 5.74) is 5.25. The number of alkyl halides is 3. The Hall–Kier alpha value is -1.28. The van der Waals surface area contributed by atoms with Crippen LogP contribution in [0.5, 0.6) is 5.75 Å². The third-order valence-corrected chi connectivity index (χ3v) is 2.72. The molecule has 0 fully saturated rings. The van der Waals surface area contributed by atoms with Crippen molar-refractivity contribution in [2.24, 2.45) is 11.7 Å². The van der Waals surface area contributed by atoms with Gasteiger partial charge in [0.2, 0.25) is 5.91 Å². The van der Waals surface area contributed by atoms with Gasteiger partial charge in [-0.1, -0.05) is 22.9 Å². The molecule has 0 aliphatic carbocycles. The largest absolute Gasteiger partial charge is 0.573 e. The van der Waals surface area contributed by atoms with Crippen LogP contribution >= 0.6 is 15.9 Å². The molecule has 0 aliphatic heterocycles. The van der Waals surface area contributed by atoms with Gasteiger partial charge in [-0.2, -0.15) is 0 Å². The fourth-order valence-electron chi connectivity index (χ4n) is 1.17. The molecule has 0 saturated carbocycles. The quantitative estimate of drug-likeness (QED) is 0.885. The Morgan fingerprint density at radius 2 is 2.16 bits per heavy atom. The number of hydrogen-bond acceptors (Lipinski definition) is 3. The van der Waals surface area contributed by atoms with Crippen molar-refractivity contribution < 1.29 is 22.7 Å². The summed E-state index contributed by atoms with van der Waals surface area (Å²) in [7, 11) is 0. The first-order chi connectivity index (χ1) is 8.73. The van der Waals surface area contributed by atoms with Crippen molar-refractivity contribution in [3.05, 3.63) is 22.7 Å². The number of nitrogens with one attached hydrogen (secondary N) is 1. The van der Waals surface area contributed by atoms with Crippen molar-refractivity contribution in [3.8, 4) is 5.75 Å². The first kappa shape index (κ1) is 15.8. The predicted octanol–water partition coefficient (Wildman–Crippen LogP) is 2.88. The van der Waals surface area contributed by atoms with Gasteiger partial charge in [-0.25, -0.2) is 0 Å². The molecule has 4 nitrogen and oxygen atoms in total. The van der Waals surface area contributed by atoms with Gasteiger partial charge in [0, 0.05) is 16.9 Å². The lowest BCUT2D eigenvalue weighted by Crippen LogP contribution is -2.27. The number of halogens is 4. The number of hydrogen-bond donors (Lipinski definition) is 2. The van der Waals surface area contributed by atoms with Crippen molar-refractivity contribution in [2.45, 2.75) is 13.3 Å². The average molecular weight is 341 g/mol. The molecule has 1 aromatic carbocycles. The molecular weight excluding hydrogens is 329 g/mol. The van der Waals surface area contributed by atoms with E-state index in [1.54, 1.807) is 6.92 Å². The standard InChI is InChI=1S/C11H12BrF3N2O2/c1-6(5-16)10(18)17-8-3-2-7(12)4-9(8)19-11(13,14)15/h2-4,6H,5,16H2,1H3,(H,17,18). The zero-order valence-corrected chi connectivity index (χ0v) is 11.5. The summed E-state index contributed by atoms with van der Waals surface area (Å²) in [6, 6.07) is 3.93. The van der Waals surface area contributed by atoms with Gasteiger partial charge in [0.25, 0.3) is 0 Å². The minimum absolute atomic E-state index is 0.0641. The number of nitrogens with two attached hydrogens (primary N) is 1. The second-order valence-electron chi connectivity index (χ2n) is 3.81. The highest BCUT2D eigenvalue weighted by Gasteiger charge is 2.32. The number of anilines is 1. The molecule has 1 amide bonds. The third kappa shape index (κ3) is 5.07. The minimum Gasteiger partial charge on any atom is -0.404 e. The molecule has 0 heterocycles. The number of carbonyl (C=O) groups excluding carboxylic acids is 1. The van der Waals surface area contributed by atoms with Gasteiger partial charge >= 0.3 is 6.36 Å². The Balaban J connectivity index is 2.97. The monoisotopic (exact) mass is 340 g/mol. The summed E-state index contributed by atoms with van der Waals surface area (Å²) in [4.78, 5) is 11.6. The molecule has 1 unspecified atom stereocenters. The zero-order valence-electron chi connectivity index (χ0n) is 9.92. The van der Waals surface area contributed by atoms with Gasteiger partial charge in [0.05, 0.1) is 5.69 Å². The van der Waals surface area contributed by atoms with Crippen molar-refractivity contribution in [2.75, 3.05) is 11.9 Å². The maximum Gasteiger partial charge on any atom is 0.573 e. The zero-order chi connectivity index (χ0) is 14.6. The number of rotatable bonds is 4. The van der Waals surface area contributed by atoms with E-state index in [-0.39, 0.29) is 12.2 Å². The van der Waals surface area contributed by atoms with Crippen LogP contribution in [0.2, 0.25) is 0 Å². The minimum atomic E-state index is -4.83. The van der Waals surface area contributed by atoms with Crippen LogP contribution in [-0.4, -0.2) is 18.8 Å². The van der Waals surface area contributed by atoms with Gasteiger partial charge in [0.15, 0.2) is 5.75 Å². The van der Waals surface area contributed by atoms with Crippen molar-refractivity contribution in [3.63, 3.8) is 0 Å². The van der Waals surface area contributed by atoms with Crippen LogP contribution in [0.3, 0.4) is 0 Å². The topological polar surface area (TPSA) is 64.4 Å². The number of amides is 1. The second-order valence-corrected chi connectivity index (χ2v) is 4.73.